The Labute approximate surface area is 193 Å². The number of thioether (sulfide) groups is 1. The Morgan fingerprint density at radius 2 is 2.03 bits per heavy atom. The number of carbonyl (C=O) groups is 2. The van der Waals surface area contributed by atoms with Crippen LogP contribution in [0.25, 0.3) is 6.08 Å². The normalized spacial score (nSPS) is 20.2. The maximum atomic E-state index is 12.7. The van der Waals surface area contributed by atoms with Gasteiger partial charge >= 0.3 is 5.97 Å². The molecule has 9 heteroatoms. The van der Waals surface area contributed by atoms with Crippen LogP contribution in [0.5, 0.6) is 5.75 Å². The predicted octanol–water partition coefficient (Wildman–Crippen LogP) is 5.17. The predicted molar refractivity (Wildman–Crippen MR) is 127 cm³/mol. The van der Waals surface area contributed by atoms with Gasteiger partial charge in [0.15, 0.2) is 5.84 Å². The molecule has 2 aliphatic heterocycles. The van der Waals surface area contributed by atoms with Crippen LogP contribution < -0.4 is 4.74 Å². The summed E-state index contributed by atoms with van der Waals surface area (Å²) in [5.41, 5.74) is 0.793. The number of amidine groups is 2. The van der Waals surface area contributed by atoms with Gasteiger partial charge in [0.2, 0.25) is 5.17 Å². The molecule has 5 rings (SSSR count). The molecule has 162 valence electrons. The van der Waals surface area contributed by atoms with Crippen molar-refractivity contribution >= 4 is 57.1 Å². The highest BCUT2D eigenvalue weighted by molar-refractivity contribution is 8.27. The van der Waals surface area contributed by atoms with Crippen LogP contribution in [0.4, 0.5) is 0 Å². The zero-order valence-corrected chi connectivity index (χ0v) is 18.7. The van der Waals surface area contributed by atoms with Crippen LogP contribution in [-0.4, -0.2) is 32.9 Å². The molecule has 0 unspecified atom stereocenters. The van der Waals surface area contributed by atoms with Crippen molar-refractivity contribution in [2.24, 2.45) is 16.0 Å². The second-order valence-electron chi connectivity index (χ2n) is 7.73. The first-order valence-electron chi connectivity index (χ1n) is 10.4. The Hall–Kier alpha value is -3.04. The summed E-state index contributed by atoms with van der Waals surface area (Å²) in [6.45, 7) is 0. The number of ether oxygens (including phenoxy) is 1. The van der Waals surface area contributed by atoms with Gasteiger partial charge in [-0.15, -0.1) is 11.3 Å². The second kappa shape index (κ2) is 8.84. The van der Waals surface area contributed by atoms with E-state index in [1.165, 1.54) is 47.4 Å². The number of fused-ring (bicyclic) bond motifs is 1. The number of rotatable bonds is 4. The van der Waals surface area contributed by atoms with Gasteiger partial charge in [-0.2, -0.15) is 15.1 Å². The van der Waals surface area contributed by atoms with Crippen molar-refractivity contribution < 1.29 is 14.3 Å². The summed E-state index contributed by atoms with van der Waals surface area (Å²) in [5, 5.41) is 17.9. The summed E-state index contributed by atoms with van der Waals surface area (Å²) < 4.78 is 5.43. The molecule has 7 nitrogen and oxygen atoms in total. The molecule has 1 aromatic carbocycles. The number of hydrogen-bond acceptors (Lipinski definition) is 7. The third-order valence-corrected chi connectivity index (χ3v) is 7.45. The molecule has 1 saturated carbocycles. The highest BCUT2D eigenvalue weighted by Gasteiger charge is 2.37. The Balaban J connectivity index is 1.36. The smallest absolute Gasteiger partial charge is 0.353 e. The molecule has 2 aromatic rings. The molecule has 1 fully saturated rings. The van der Waals surface area contributed by atoms with E-state index in [-0.39, 0.29) is 11.4 Å². The Kier molecular flexibility index (Phi) is 5.75. The van der Waals surface area contributed by atoms with E-state index < -0.39 is 11.9 Å². The molecule has 0 spiro atoms. The van der Waals surface area contributed by atoms with E-state index in [0.29, 0.717) is 27.3 Å². The van der Waals surface area contributed by atoms with Crippen LogP contribution in [0.2, 0.25) is 0 Å². The van der Waals surface area contributed by atoms with E-state index in [4.69, 9.17) is 10.1 Å². The molecule has 3 heterocycles. The van der Waals surface area contributed by atoms with Crippen molar-refractivity contribution in [1.82, 2.24) is 5.01 Å². The monoisotopic (exact) mass is 464 g/mol. The number of hydrogen-bond donors (Lipinski definition) is 1. The van der Waals surface area contributed by atoms with Gasteiger partial charge in [-0.05, 0) is 59.8 Å². The molecular formula is C23H20N4O3S2. The molecule has 0 bridgehead atoms. The molecule has 3 aliphatic rings. The molecule has 0 saturated heterocycles. The zero-order valence-electron chi connectivity index (χ0n) is 17.1. The summed E-state index contributed by atoms with van der Waals surface area (Å²) in [6.07, 6.45) is 7.40. The number of benzene rings is 1. The Bertz CT molecular complexity index is 1180. The van der Waals surface area contributed by atoms with E-state index in [2.05, 4.69) is 10.1 Å². The summed E-state index contributed by atoms with van der Waals surface area (Å²) in [4.78, 5) is 29.6. The molecule has 1 N–H and O–H groups in total. The van der Waals surface area contributed by atoms with Crippen molar-refractivity contribution in [2.45, 2.75) is 32.1 Å². The van der Waals surface area contributed by atoms with E-state index in [9.17, 15) is 9.59 Å². The molecule has 1 aromatic heterocycles. The third kappa shape index (κ3) is 4.18. The van der Waals surface area contributed by atoms with Crippen molar-refractivity contribution in [3.05, 3.63) is 57.8 Å². The highest BCUT2D eigenvalue weighted by atomic mass is 32.2. The quantitative estimate of drug-likeness (QED) is 0.383. The van der Waals surface area contributed by atoms with Crippen LogP contribution in [-0.2, 0) is 4.79 Å². The fraction of sp³-hybridized carbons (Fsp3) is 0.261. The Morgan fingerprint density at radius 3 is 2.81 bits per heavy atom. The van der Waals surface area contributed by atoms with Crippen LogP contribution in [0.15, 0.2) is 57.4 Å². The minimum absolute atomic E-state index is 0.0132. The van der Waals surface area contributed by atoms with Crippen molar-refractivity contribution in [3.8, 4) is 5.75 Å². The first-order chi connectivity index (χ1) is 15.6. The molecule has 0 atom stereocenters. The van der Waals surface area contributed by atoms with Crippen LogP contribution in [0.1, 0.15) is 47.3 Å². The molecule has 0 radical (unpaired) electrons. The second-order valence-corrected chi connectivity index (χ2v) is 9.67. The number of aliphatic imine (C=N–C) groups is 1. The largest absolute Gasteiger partial charge is 0.422 e. The lowest BCUT2D eigenvalue weighted by atomic mass is 9.90. The van der Waals surface area contributed by atoms with Gasteiger partial charge in [0, 0.05) is 5.92 Å². The van der Waals surface area contributed by atoms with Gasteiger partial charge in [0.1, 0.15) is 15.7 Å². The van der Waals surface area contributed by atoms with Crippen LogP contribution in [0.3, 0.4) is 0 Å². The fourth-order valence-corrected chi connectivity index (χ4v) is 5.57. The lowest BCUT2D eigenvalue weighted by Crippen LogP contribution is -2.35. The number of amides is 1. The van der Waals surface area contributed by atoms with Gasteiger partial charge in [0.25, 0.3) is 5.91 Å². The van der Waals surface area contributed by atoms with Gasteiger partial charge in [-0.1, -0.05) is 37.5 Å². The average molecular weight is 465 g/mol. The van der Waals surface area contributed by atoms with Crippen LogP contribution in [0, 0.1) is 11.3 Å². The highest BCUT2D eigenvalue weighted by Crippen LogP contribution is 2.36. The van der Waals surface area contributed by atoms with Crippen molar-refractivity contribution in [3.63, 3.8) is 0 Å². The molecule has 32 heavy (non-hydrogen) atoms. The van der Waals surface area contributed by atoms with Crippen molar-refractivity contribution in [2.75, 3.05) is 0 Å². The van der Waals surface area contributed by atoms with E-state index >= 15 is 0 Å². The first-order valence-corrected chi connectivity index (χ1v) is 12.1. The summed E-state index contributed by atoms with van der Waals surface area (Å²) in [6, 6.07) is 10.3. The first kappa shape index (κ1) is 20.8. The molecular weight excluding hydrogens is 444 g/mol. The summed E-state index contributed by atoms with van der Waals surface area (Å²) >= 11 is 2.71. The average Bonchev–Trinajstić information content (AvgIpc) is 3.48. The number of esters is 1. The van der Waals surface area contributed by atoms with E-state index in [1.54, 1.807) is 42.5 Å². The van der Waals surface area contributed by atoms with E-state index in [1.807, 2.05) is 5.38 Å². The van der Waals surface area contributed by atoms with Gasteiger partial charge < -0.3 is 4.74 Å². The Morgan fingerprint density at radius 1 is 1.19 bits per heavy atom. The number of thiophene rings is 1. The maximum absolute atomic E-state index is 12.7. The van der Waals surface area contributed by atoms with Gasteiger partial charge in [-0.3, -0.25) is 10.2 Å². The number of hydrazone groups is 1. The number of carbonyl (C=O) groups excluding carboxylic acids is 2. The van der Waals surface area contributed by atoms with Gasteiger partial charge in [0.05, 0.1) is 5.57 Å². The van der Waals surface area contributed by atoms with E-state index in [0.717, 1.165) is 17.9 Å². The summed E-state index contributed by atoms with van der Waals surface area (Å²) in [5.74, 6) is -0.133. The number of nitrogens with zero attached hydrogens (tertiary/aromatic N) is 3. The SMILES string of the molecule is N=C1C(=Cc2cccc(OC(=O)c3cccs3)c2)C(=O)N=C2SC(C3CCCCC3)=NN12. The topological polar surface area (TPSA) is 95.2 Å². The minimum atomic E-state index is -0.463. The minimum Gasteiger partial charge on any atom is -0.422 e. The maximum Gasteiger partial charge on any atom is 0.353 e. The molecule has 1 aliphatic carbocycles. The fourth-order valence-electron chi connectivity index (χ4n) is 3.91. The van der Waals surface area contributed by atoms with Crippen LogP contribution >= 0.6 is 23.1 Å². The summed E-state index contributed by atoms with van der Waals surface area (Å²) in [7, 11) is 0. The van der Waals surface area contributed by atoms with Gasteiger partial charge in [-0.25, -0.2) is 4.79 Å². The standard InChI is InChI=1S/C23H20N4O3S2/c24-19-17(13-14-6-4-9-16(12-14)30-22(29)18-10-5-11-31-18)20(28)25-23-27(19)26-21(32-23)15-7-2-1-3-8-15/h4-6,9-13,15,24H,1-3,7-8H2. The third-order valence-electron chi connectivity index (χ3n) is 5.53. The van der Waals surface area contributed by atoms with Crippen molar-refractivity contribution in [1.29, 1.82) is 5.41 Å². The zero-order chi connectivity index (χ0) is 22.1. The molecule has 1 amide bonds. The number of nitrogens with one attached hydrogen (secondary N) is 1. The lowest BCUT2D eigenvalue weighted by molar-refractivity contribution is -0.114. The lowest BCUT2D eigenvalue weighted by Gasteiger charge is -2.20.